The predicted octanol–water partition coefficient (Wildman–Crippen LogP) is 2.26. The fourth-order valence-corrected chi connectivity index (χ4v) is 2.83. The highest BCUT2D eigenvalue weighted by atomic mass is 19.3. The minimum absolute atomic E-state index is 0.0384. The van der Waals surface area contributed by atoms with Crippen molar-refractivity contribution in [1.82, 2.24) is 15.5 Å². The van der Waals surface area contributed by atoms with Gasteiger partial charge in [0.05, 0.1) is 6.04 Å². The third kappa shape index (κ3) is 3.37. The summed E-state index contributed by atoms with van der Waals surface area (Å²) in [4.78, 5) is 12.0. The molecule has 1 unspecified atom stereocenters. The molecule has 1 aliphatic heterocycles. The lowest BCUT2D eigenvalue weighted by molar-refractivity contribution is -0.124. The second kappa shape index (κ2) is 5.67. The van der Waals surface area contributed by atoms with Gasteiger partial charge in [-0.3, -0.25) is 10.1 Å². The van der Waals surface area contributed by atoms with Gasteiger partial charge in [-0.25, -0.2) is 8.78 Å². The Hall–Kier alpha value is -1.57. The van der Waals surface area contributed by atoms with E-state index in [1.165, 1.54) is 0 Å². The largest absolute Gasteiger partial charge is 0.406 e. The average molecular weight is 300 g/mol. The third-order valence-corrected chi connectivity index (χ3v) is 4.12. The van der Waals surface area contributed by atoms with Gasteiger partial charge in [-0.2, -0.15) is 0 Å². The molecule has 2 fully saturated rings. The van der Waals surface area contributed by atoms with Crippen LogP contribution in [0, 0.1) is 5.92 Å². The number of amides is 1. The molecule has 1 aromatic rings. The molecule has 1 saturated carbocycles. The van der Waals surface area contributed by atoms with Crippen molar-refractivity contribution >= 4 is 11.9 Å². The van der Waals surface area contributed by atoms with Crippen LogP contribution in [0.5, 0.6) is 0 Å². The van der Waals surface area contributed by atoms with Crippen LogP contribution in [0.2, 0.25) is 0 Å². The number of rotatable bonds is 3. The maximum absolute atomic E-state index is 13.1. The number of carbonyl (C=O) groups is 1. The molecule has 116 valence electrons. The molecule has 0 aromatic carbocycles. The van der Waals surface area contributed by atoms with Crippen LogP contribution in [-0.2, 0) is 4.79 Å². The summed E-state index contributed by atoms with van der Waals surface area (Å²) < 4.78 is 31.5. The Morgan fingerprint density at radius 2 is 2.05 bits per heavy atom. The lowest BCUT2D eigenvalue weighted by Crippen LogP contribution is -2.31. The summed E-state index contributed by atoms with van der Waals surface area (Å²) in [7, 11) is 0. The van der Waals surface area contributed by atoms with E-state index in [9.17, 15) is 13.6 Å². The number of alkyl halides is 2. The normalized spacial score (nSPS) is 25.9. The number of nitrogens with one attached hydrogen (secondary N) is 2. The fourth-order valence-electron chi connectivity index (χ4n) is 2.83. The number of aromatic nitrogens is 2. The number of halogens is 2. The van der Waals surface area contributed by atoms with Crippen LogP contribution in [0.25, 0.3) is 0 Å². The molecule has 6 nitrogen and oxygen atoms in total. The molecule has 2 heterocycles. The van der Waals surface area contributed by atoms with Crippen molar-refractivity contribution in [2.45, 2.75) is 50.5 Å². The Morgan fingerprint density at radius 1 is 1.29 bits per heavy atom. The second-order valence-electron chi connectivity index (χ2n) is 5.71. The summed E-state index contributed by atoms with van der Waals surface area (Å²) in [5, 5.41) is 13.4. The summed E-state index contributed by atoms with van der Waals surface area (Å²) >= 11 is 0. The van der Waals surface area contributed by atoms with Crippen molar-refractivity contribution in [2.75, 3.05) is 11.9 Å². The zero-order valence-electron chi connectivity index (χ0n) is 11.6. The monoisotopic (exact) mass is 300 g/mol. The van der Waals surface area contributed by atoms with Crippen molar-refractivity contribution in [2.24, 2.45) is 5.92 Å². The van der Waals surface area contributed by atoms with Crippen LogP contribution in [0.4, 0.5) is 14.8 Å². The van der Waals surface area contributed by atoms with E-state index in [2.05, 4.69) is 20.8 Å². The highest BCUT2D eigenvalue weighted by Gasteiger charge is 2.37. The van der Waals surface area contributed by atoms with E-state index in [-0.39, 0.29) is 43.6 Å². The van der Waals surface area contributed by atoms with E-state index in [1.807, 2.05) is 0 Å². The Balaban J connectivity index is 1.55. The van der Waals surface area contributed by atoms with E-state index in [0.29, 0.717) is 5.89 Å². The summed E-state index contributed by atoms with van der Waals surface area (Å²) in [5.74, 6) is -2.91. The Labute approximate surface area is 120 Å². The molecule has 0 spiro atoms. The van der Waals surface area contributed by atoms with Gasteiger partial charge in [0.1, 0.15) is 0 Å². The van der Waals surface area contributed by atoms with Crippen LogP contribution in [0.1, 0.15) is 50.5 Å². The van der Waals surface area contributed by atoms with Crippen LogP contribution < -0.4 is 10.6 Å². The molecular formula is C13H18F2N4O2. The average Bonchev–Trinajstić information content (AvgIpc) is 3.08. The number of carbonyl (C=O) groups excluding carboxylic acids is 1. The van der Waals surface area contributed by atoms with Crippen LogP contribution in [-0.4, -0.2) is 28.6 Å². The second-order valence-corrected chi connectivity index (χ2v) is 5.71. The molecule has 1 saturated heterocycles. The van der Waals surface area contributed by atoms with Gasteiger partial charge in [0.25, 0.3) is 0 Å². The predicted molar refractivity (Wildman–Crippen MR) is 69.8 cm³/mol. The maximum atomic E-state index is 13.1. The first-order valence-corrected chi connectivity index (χ1v) is 7.29. The van der Waals surface area contributed by atoms with Crippen molar-refractivity contribution in [3.05, 3.63) is 5.89 Å². The Kier molecular flexibility index (Phi) is 3.88. The maximum Gasteiger partial charge on any atom is 0.322 e. The van der Waals surface area contributed by atoms with Gasteiger partial charge in [0.15, 0.2) is 0 Å². The van der Waals surface area contributed by atoms with E-state index >= 15 is 0 Å². The summed E-state index contributed by atoms with van der Waals surface area (Å²) in [5.41, 5.74) is 0. The molecular weight excluding hydrogens is 282 g/mol. The van der Waals surface area contributed by atoms with Gasteiger partial charge in [-0.05, 0) is 32.2 Å². The smallest absolute Gasteiger partial charge is 0.322 e. The fraction of sp³-hybridized carbons (Fsp3) is 0.769. The van der Waals surface area contributed by atoms with Crippen LogP contribution in [0.3, 0.4) is 0 Å². The molecule has 2 aliphatic rings. The van der Waals surface area contributed by atoms with Crippen molar-refractivity contribution in [1.29, 1.82) is 0 Å². The molecule has 1 aromatic heterocycles. The van der Waals surface area contributed by atoms with E-state index < -0.39 is 11.8 Å². The number of hydrogen-bond donors (Lipinski definition) is 2. The van der Waals surface area contributed by atoms with E-state index in [0.717, 1.165) is 19.4 Å². The number of nitrogens with zero attached hydrogens (tertiary/aromatic N) is 2. The zero-order chi connectivity index (χ0) is 14.9. The number of anilines is 1. The number of hydrogen-bond acceptors (Lipinski definition) is 5. The molecule has 0 bridgehead atoms. The minimum Gasteiger partial charge on any atom is -0.406 e. The molecule has 2 N–H and O–H groups in total. The van der Waals surface area contributed by atoms with Crippen molar-refractivity contribution < 1.29 is 18.0 Å². The molecule has 21 heavy (non-hydrogen) atoms. The van der Waals surface area contributed by atoms with E-state index in [1.54, 1.807) is 0 Å². The van der Waals surface area contributed by atoms with Gasteiger partial charge in [-0.1, -0.05) is 5.10 Å². The summed E-state index contributed by atoms with van der Waals surface area (Å²) in [6.45, 7) is 0.908. The van der Waals surface area contributed by atoms with Gasteiger partial charge in [0.2, 0.25) is 17.7 Å². The van der Waals surface area contributed by atoms with Crippen LogP contribution >= 0.6 is 0 Å². The van der Waals surface area contributed by atoms with E-state index in [4.69, 9.17) is 4.42 Å². The molecule has 1 atom stereocenters. The SMILES string of the molecule is O=C(Nc1nnc(C2CCCN2)o1)C1CCC(F)(F)CC1. The lowest BCUT2D eigenvalue weighted by atomic mass is 9.86. The van der Waals surface area contributed by atoms with Gasteiger partial charge < -0.3 is 9.73 Å². The standard InChI is InChI=1S/C13H18F2N4O2/c14-13(15)5-3-8(4-6-13)10(20)17-12-19-18-11(21-12)9-2-1-7-16-9/h8-9,16H,1-7H2,(H,17,19,20). The summed E-state index contributed by atoms with van der Waals surface area (Å²) in [6, 6.07) is 0.0811. The molecule has 3 rings (SSSR count). The molecule has 1 amide bonds. The summed E-state index contributed by atoms with van der Waals surface area (Å²) in [6.07, 6.45) is 1.85. The van der Waals surface area contributed by atoms with Gasteiger partial charge >= 0.3 is 6.01 Å². The molecule has 0 radical (unpaired) electrons. The zero-order valence-corrected chi connectivity index (χ0v) is 11.6. The van der Waals surface area contributed by atoms with Crippen LogP contribution in [0.15, 0.2) is 4.42 Å². The highest BCUT2D eigenvalue weighted by molar-refractivity contribution is 5.90. The first-order chi connectivity index (χ1) is 10.0. The van der Waals surface area contributed by atoms with Gasteiger partial charge in [-0.15, -0.1) is 5.10 Å². The molecule has 8 heteroatoms. The third-order valence-electron chi connectivity index (χ3n) is 4.12. The topological polar surface area (TPSA) is 80.0 Å². The highest BCUT2D eigenvalue weighted by Crippen LogP contribution is 2.36. The van der Waals surface area contributed by atoms with Gasteiger partial charge in [0, 0.05) is 18.8 Å². The lowest BCUT2D eigenvalue weighted by Gasteiger charge is -2.26. The quantitative estimate of drug-likeness (QED) is 0.895. The first kappa shape index (κ1) is 14.4. The minimum atomic E-state index is -2.64. The van der Waals surface area contributed by atoms with Crippen molar-refractivity contribution in [3.63, 3.8) is 0 Å². The Morgan fingerprint density at radius 3 is 2.71 bits per heavy atom. The molecule has 1 aliphatic carbocycles. The first-order valence-electron chi connectivity index (χ1n) is 7.29. The van der Waals surface area contributed by atoms with Crippen molar-refractivity contribution in [3.8, 4) is 0 Å². The Bertz CT molecular complexity index is 504.